The van der Waals surface area contributed by atoms with Gasteiger partial charge in [0.05, 0.1) is 20.1 Å². The zero-order valence-corrected chi connectivity index (χ0v) is 15.8. The van der Waals surface area contributed by atoms with Crippen LogP contribution in [0.25, 0.3) is 0 Å². The molecule has 2 N–H and O–H groups in total. The third-order valence-electron chi connectivity index (χ3n) is 3.69. The zero-order chi connectivity index (χ0) is 20.4. The molecule has 0 aliphatic carbocycles. The van der Waals surface area contributed by atoms with E-state index >= 15 is 0 Å². The molecule has 0 unspecified atom stereocenters. The van der Waals surface area contributed by atoms with Crippen molar-refractivity contribution in [3.63, 3.8) is 0 Å². The monoisotopic (exact) mass is 395 g/mol. The van der Waals surface area contributed by atoms with E-state index < -0.39 is 12.6 Å². The number of guanidine groups is 1. The zero-order valence-electron chi connectivity index (χ0n) is 15.8. The Labute approximate surface area is 162 Å². The fraction of sp³-hybridized carbons (Fsp3) is 0.350. The summed E-state index contributed by atoms with van der Waals surface area (Å²) in [7, 11) is 1.58. The van der Waals surface area contributed by atoms with Crippen LogP contribution in [0.15, 0.2) is 53.5 Å². The number of aliphatic imine (C=N–C) groups is 1. The highest BCUT2D eigenvalue weighted by atomic mass is 19.4. The summed E-state index contributed by atoms with van der Waals surface area (Å²) >= 11 is 0. The van der Waals surface area contributed by atoms with Crippen LogP contribution < -0.4 is 20.1 Å². The van der Waals surface area contributed by atoms with Gasteiger partial charge in [-0.15, -0.1) is 0 Å². The lowest BCUT2D eigenvalue weighted by molar-refractivity contribution is -0.132. The molecule has 28 heavy (non-hydrogen) atoms. The number of halogens is 3. The smallest absolute Gasteiger partial charge is 0.390 e. The first kappa shape index (κ1) is 21.4. The molecule has 152 valence electrons. The predicted molar refractivity (Wildman–Crippen MR) is 103 cm³/mol. The van der Waals surface area contributed by atoms with Crippen molar-refractivity contribution in [1.29, 1.82) is 0 Å². The third-order valence-corrected chi connectivity index (χ3v) is 3.69. The van der Waals surface area contributed by atoms with E-state index in [1.54, 1.807) is 19.2 Å². The van der Waals surface area contributed by atoms with Gasteiger partial charge in [0.2, 0.25) is 0 Å². The Hall–Kier alpha value is -2.90. The van der Waals surface area contributed by atoms with Crippen LogP contribution in [0.1, 0.15) is 18.9 Å². The van der Waals surface area contributed by atoms with Crippen LogP contribution in [-0.4, -0.2) is 32.3 Å². The number of rotatable bonds is 8. The molecule has 5 nitrogen and oxygen atoms in total. The number of nitrogens with zero attached hydrogens (tertiary/aromatic N) is 1. The molecule has 0 amide bonds. The van der Waals surface area contributed by atoms with Crippen LogP contribution in [-0.2, 0) is 6.54 Å². The molecule has 0 aliphatic rings. The number of para-hydroxylation sites is 2. The fourth-order valence-electron chi connectivity index (χ4n) is 2.33. The minimum Gasteiger partial charge on any atom is -0.493 e. The molecule has 0 saturated heterocycles. The lowest BCUT2D eigenvalue weighted by Gasteiger charge is -2.12. The summed E-state index contributed by atoms with van der Waals surface area (Å²) in [5.41, 5.74) is 0.903. The number of hydrogen-bond donors (Lipinski definition) is 2. The van der Waals surface area contributed by atoms with Crippen molar-refractivity contribution in [1.82, 2.24) is 10.6 Å². The lowest BCUT2D eigenvalue weighted by Crippen LogP contribution is -2.38. The van der Waals surface area contributed by atoms with Gasteiger partial charge in [-0.2, -0.15) is 13.2 Å². The predicted octanol–water partition coefficient (Wildman–Crippen LogP) is 4.50. The molecule has 8 heteroatoms. The first-order valence-corrected chi connectivity index (χ1v) is 8.90. The standard InChI is InChI=1S/C20H24F3N3O2/c1-3-24-19(25-13-12-20(21,22)23)26-14-15-8-10-16(11-9-15)28-18-7-5-4-6-17(18)27-2/h4-11H,3,12-14H2,1-2H3,(H2,24,25,26). The maximum absolute atomic E-state index is 12.3. The Morgan fingerprint density at radius 2 is 1.68 bits per heavy atom. The van der Waals surface area contributed by atoms with E-state index in [4.69, 9.17) is 9.47 Å². The molecule has 2 rings (SSSR count). The number of hydrogen-bond acceptors (Lipinski definition) is 3. The minimum atomic E-state index is -4.19. The summed E-state index contributed by atoms with van der Waals surface area (Å²) in [5.74, 6) is 2.24. The molecule has 0 fully saturated rings. The topological polar surface area (TPSA) is 54.9 Å². The summed E-state index contributed by atoms with van der Waals surface area (Å²) in [6.07, 6.45) is -5.10. The first-order valence-electron chi connectivity index (χ1n) is 8.90. The van der Waals surface area contributed by atoms with Crippen LogP contribution in [0.4, 0.5) is 13.2 Å². The van der Waals surface area contributed by atoms with E-state index in [2.05, 4.69) is 15.6 Å². The van der Waals surface area contributed by atoms with E-state index in [0.717, 1.165) is 5.56 Å². The quantitative estimate of drug-likeness (QED) is 0.511. The highest BCUT2D eigenvalue weighted by molar-refractivity contribution is 5.79. The normalized spacial score (nSPS) is 11.8. The van der Waals surface area contributed by atoms with Gasteiger partial charge in [-0.25, -0.2) is 4.99 Å². The van der Waals surface area contributed by atoms with Gasteiger partial charge < -0.3 is 20.1 Å². The van der Waals surface area contributed by atoms with Gasteiger partial charge >= 0.3 is 6.18 Å². The van der Waals surface area contributed by atoms with Crippen molar-refractivity contribution in [3.05, 3.63) is 54.1 Å². The highest BCUT2D eigenvalue weighted by Gasteiger charge is 2.26. The molecule has 0 aromatic heterocycles. The first-order chi connectivity index (χ1) is 13.4. The van der Waals surface area contributed by atoms with E-state index in [9.17, 15) is 13.2 Å². The fourth-order valence-corrected chi connectivity index (χ4v) is 2.33. The maximum Gasteiger partial charge on any atom is 0.390 e. The van der Waals surface area contributed by atoms with Gasteiger partial charge in [0.15, 0.2) is 17.5 Å². The molecule has 0 spiro atoms. The van der Waals surface area contributed by atoms with Crippen molar-refractivity contribution in [2.75, 3.05) is 20.2 Å². The van der Waals surface area contributed by atoms with Crippen molar-refractivity contribution in [2.45, 2.75) is 26.1 Å². The molecule has 0 bridgehead atoms. The molecule has 2 aromatic carbocycles. The van der Waals surface area contributed by atoms with Crippen molar-refractivity contribution in [3.8, 4) is 17.2 Å². The average Bonchev–Trinajstić information content (AvgIpc) is 2.66. The van der Waals surface area contributed by atoms with Crippen LogP contribution in [0.3, 0.4) is 0 Å². The van der Waals surface area contributed by atoms with Crippen LogP contribution in [0.5, 0.6) is 17.2 Å². The summed E-state index contributed by atoms with van der Waals surface area (Å²) in [6.45, 7) is 2.52. The Morgan fingerprint density at radius 1 is 1.00 bits per heavy atom. The van der Waals surface area contributed by atoms with E-state index in [1.165, 1.54) is 0 Å². The number of nitrogens with one attached hydrogen (secondary N) is 2. The number of benzene rings is 2. The van der Waals surface area contributed by atoms with Crippen LogP contribution >= 0.6 is 0 Å². The van der Waals surface area contributed by atoms with Gasteiger partial charge in [-0.1, -0.05) is 24.3 Å². The maximum atomic E-state index is 12.3. The Bertz CT molecular complexity index is 762. The number of alkyl halides is 3. The minimum absolute atomic E-state index is 0.221. The Kier molecular flexibility index (Phi) is 7.98. The summed E-state index contributed by atoms with van der Waals surface area (Å²) in [5, 5.41) is 5.61. The van der Waals surface area contributed by atoms with Crippen LogP contribution in [0, 0.1) is 0 Å². The van der Waals surface area contributed by atoms with Gasteiger partial charge in [0.1, 0.15) is 5.75 Å². The van der Waals surface area contributed by atoms with Crippen molar-refractivity contribution in [2.24, 2.45) is 4.99 Å². The lowest BCUT2D eigenvalue weighted by atomic mass is 10.2. The second kappa shape index (κ2) is 10.4. The van der Waals surface area contributed by atoms with Gasteiger partial charge in [-0.3, -0.25) is 0 Å². The van der Waals surface area contributed by atoms with Crippen molar-refractivity contribution < 1.29 is 22.6 Å². The summed E-state index contributed by atoms with van der Waals surface area (Å²) < 4.78 is 47.9. The highest BCUT2D eigenvalue weighted by Crippen LogP contribution is 2.30. The summed E-state index contributed by atoms with van der Waals surface area (Å²) in [4.78, 5) is 4.31. The molecule has 0 heterocycles. The molecule has 2 aromatic rings. The molecule has 0 aliphatic heterocycles. The van der Waals surface area contributed by atoms with Crippen molar-refractivity contribution >= 4 is 5.96 Å². The largest absolute Gasteiger partial charge is 0.493 e. The van der Waals surface area contributed by atoms with Gasteiger partial charge in [-0.05, 0) is 36.8 Å². The van der Waals surface area contributed by atoms with Gasteiger partial charge in [0, 0.05) is 13.1 Å². The molecule has 0 saturated carbocycles. The van der Waals surface area contributed by atoms with E-state index in [0.29, 0.717) is 36.3 Å². The van der Waals surface area contributed by atoms with Crippen LogP contribution in [0.2, 0.25) is 0 Å². The summed E-state index contributed by atoms with van der Waals surface area (Å²) in [6, 6.07) is 14.7. The number of ether oxygens (including phenoxy) is 2. The molecular formula is C20H24F3N3O2. The Balaban J connectivity index is 1.95. The molecule has 0 atom stereocenters. The Morgan fingerprint density at radius 3 is 2.29 bits per heavy atom. The van der Waals surface area contributed by atoms with Gasteiger partial charge in [0.25, 0.3) is 0 Å². The number of methoxy groups -OCH3 is 1. The molecular weight excluding hydrogens is 371 g/mol. The average molecular weight is 395 g/mol. The second-order valence-electron chi connectivity index (χ2n) is 5.88. The van der Waals surface area contributed by atoms with E-state index in [-0.39, 0.29) is 6.54 Å². The molecule has 0 radical (unpaired) electrons. The third kappa shape index (κ3) is 7.38. The second-order valence-corrected chi connectivity index (χ2v) is 5.88. The SMILES string of the molecule is CCNC(=NCc1ccc(Oc2ccccc2OC)cc1)NCCC(F)(F)F. The van der Waals surface area contributed by atoms with E-state index in [1.807, 2.05) is 43.3 Å².